The molecule has 1 amide bonds. The number of carbonyl (C=O) groups is 1. The lowest BCUT2D eigenvalue weighted by Gasteiger charge is -2.24. The number of hydrogen-bond acceptors (Lipinski definition) is 2. The first-order valence-corrected chi connectivity index (χ1v) is 5.95. The van der Waals surface area contributed by atoms with Crippen molar-refractivity contribution in [2.75, 3.05) is 7.05 Å². The number of hydrogen-bond donors (Lipinski definition) is 0. The summed E-state index contributed by atoms with van der Waals surface area (Å²) in [6, 6.07) is 3.83. The van der Waals surface area contributed by atoms with Crippen molar-refractivity contribution in [2.45, 2.75) is 31.7 Å². The van der Waals surface area contributed by atoms with Crippen molar-refractivity contribution in [3.05, 3.63) is 29.0 Å². The quantitative estimate of drug-likeness (QED) is 0.743. The summed E-state index contributed by atoms with van der Waals surface area (Å²) in [5.74, 6) is -0.0231. The normalized spacial score (nSPS) is 16.4. The molecule has 1 aromatic rings. The SMILES string of the molecule is CN(C(=O)c1cccnc1Cl)C1CCCC1. The molecule has 0 bridgehead atoms. The summed E-state index contributed by atoms with van der Waals surface area (Å²) in [6.45, 7) is 0. The number of rotatable bonds is 2. The first-order chi connectivity index (χ1) is 7.70. The average molecular weight is 239 g/mol. The third-order valence-corrected chi connectivity index (χ3v) is 3.48. The molecule has 1 fully saturated rings. The Bertz CT molecular complexity index is 388. The molecule has 2 rings (SSSR count). The highest BCUT2D eigenvalue weighted by Gasteiger charge is 2.25. The van der Waals surface area contributed by atoms with Crippen molar-refractivity contribution < 1.29 is 4.79 Å². The Labute approximate surface area is 100 Å². The Morgan fingerprint density at radius 3 is 2.81 bits per heavy atom. The Morgan fingerprint density at radius 2 is 2.19 bits per heavy atom. The molecular formula is C12H15ClN2O. The molecule has 1 aliphatic rings. The van der Waals surface area contributed by atoms with Crippen LogP contribution in [0.4, 0.5) is 0 Å². The maximum atomic E-state index is 12.2. The van der Waals surface area contributed by atoms with E-state index >= 15 is 0 Å². The molecular weight excluding hydrogens is 224 g/mol. The van der Waals surface area contributed by atoms with Crippen molar-refractivity contribution in [3.63, 3.8) is 0 Å². The topological polar surface area (TPSA) is 33.2 Å². The van der Waals surface area contributed by atoms with E-state index in [1.54, 1.807) is 23.2 Å². The summed E-state index contributed by atoms with van der Waals surface area (Å²) in [5, 5.41) is 0.289. The van der Waals surface area contributed by atoms with Crippen LogP contribution >= 0.6 is 11.6 Å². The van der Waals surface area contributed by atoms with Crippen molar-refractivity contribution in [1.82, 2.24) is 9.88 Å². The van der Waals surface area contributed by atoms with Crippen LogP contribution in [0.5, 0.6) is 0 Å². The molecule has 0 aliphatic heterocycles. The van der Waals surface area contributed by atoms with E-state index in [-0.39, 0.29) is 11.1 Å². The fourth-order valence-corrected chi connectivity index (χ4v) is 2.39. The fraction of sp³-hybridized carbons (Fsp3) is 0.500. The first-order valence-electron chi connectivity index (χ1n) is 5.58. The molecule has 0 aromatic carbocycles. The second-order valence-electron chi connectivity index (χ2n) is 4.20. The lowest BCUT2D eigenvalue weighted by atomic mass is 10.2. The minimum Gasteiger partial charge on any atom is -0.339 e. The van der Waals surface area contributed by atoms with Gasteiger partial charge in [-0.05, 0) is 25.0 Å². The van der Waals surface area contributed by atoms with E-state index < -0.39 is 0 Å². The van der Waals surface area contributed by atoms with Gasteiger partial charge in [-0.25, -0.2) is 4.98 Å². The van der Waals surface area contributed by atoms with Gasteiger partial charge in [-0.15, -0.1) is 0 Å². The van der Waals surface area contributed by atoms with E-state index in [1.807, 2.05) is 7.05 Å². The van der Waals surface area contributed by atoms with E-state index in [9.17, 15) is 4.79 Å². The van der Waals surface area contributed by atoms with E-state index in [0.717, 1.165) is 12.8 Å². The molecule has 0 radical (unpaired) electrons. The Kier molecular flexibility index (Phi) is 3.44. The lowest BCUT2D eigenvalue weighted by molar-refractivity contribution is 0.0735. The summed E-state index contributed by atoms with van der Waals surface area (Å²) in [4.78, 5) is 17.9. The van der Waals surface area contributed by atoms with Gasteiger partial charge in [-0.2, -0.15) is 0 Å². The summed E-state index contributed by atoms with van der Waals surface area (Å²) in [6.07, 6.45) is 6.21. The first kappa shape index (κ1) is 11.4. The van der Waals surface area contributed by atoms with Gasteiger partial charge >= 0.3 is 0 Å². The van der Waals surface area contributed by atoms with Crippen molar-refractivity contribution in [3.8, 4) is 0 Å². The molecule has 1 heterocycles. The average Bonchev–Trinajstić information content (AvgIpc) is 2.81. The number of pyridine rings is 1. The van der Waals surface area contributed by atoms with E-state index in [1.165, 1.54) is 12.8 Å². The molecule has 4 heteroatoms. The third-order valence-electron chi connectivity index (χ3n) is 3.18. The molecule has 1 aromatic heterocycles. The predicted molar refractivity (Wildman–Crippen MR) is 63.6 cm³/mol. The van der Waals surface area contributed by atoms with Gasteiger partial charge in [0, 0.05) is 19.3 Å². The van der Waals surface area contributed by atoms with Crippen LogP contribution in [0.2, 0.25) is 5.15 Å². The zero-order chi connectivity index (χ0) is 11.5. The molecule has 0 atom stereocenters. The van der Waals surface area contributed by atoms with Gasteiger partial charge in [-0.1, -0.05) is 24.4 Å². The summed E-state index contributed by atoms with van der Waals surface area (Å²) >= 11 is 5.91. The van der Waals surface area contributed by atoms with Crippen molar-refractivity contribution >= 4 is 17.5 Å². The number of halogens is 1. The highest BCUT2D eigenvalue weighted by atomic mass is 35.5. The second kappa shape index (κ2) is 4.83. The number of carbonyl (C=O) groups excluding carboxylic acids is 1. The molecule has 0 N–H and O–H groups in total. The maximum absolute atomic E-state index is 12.2. The number of nitrogens with zero attached hydrogens (tertiary/aromatic N) is 2. The molecule has 0 spiro atoms. The van der Waals surface area contributed by atoms with Gasteiger partial charge in [-0.3, -0.25) is 4.79 Å². The van der Waals surface area contributed by atoms with Gasteiger partial charge < -0.3 is 4.90 Å². The maximum Gasteiger partial charge on any atom is 0.256 e. The standard InChI is InChI=1S/C12H15ClN2O/c1-15(9-5-2-3-6-9)12(16)10-7-4-8-14-11(10)13/h4,7-9H,2-3,5-6H2,1H3. The Morgan fingerprint density at radius 1 is 1.50 bits per heavy atom. The molecule has 1 aliphatic carbocycles. The molecule has 86 valence electrons. The van der Waals surface area contributed by atoms with Gasteiger partial charge in [0.25, 0.3) is 5.91 Å². The number of aromatic nitrogens is 1. The highest BCUT2D eigenvalue weighted by Crippen LogP contribution is 2.24. The molecule has 1 saturated carbocycles. The molecule has 16 heavy (non-hydrogen) atoms. The minimum absolute atomic E-state index is 0.0231. The summed E-state index contributed by atoms with van der Waals surface area (Å²) in [7, 11) is 1.85. The Balaban J connectivity index is 2.15. The largest absolute Gasteiger partial charge is 0.339 e. The molecule has 3 nitrogen and oxygen atoms in total. The van der Waals surface area contributed by atoms with Crippen molar-refractivity contribution in [2.24, 2.45) is 0 Å². The monoisotopic (exact) mass is 238 g/mol. The number of amides is 1. The van der Waals surface area contributed by atoms with Gasteiger partial charge in [0.15, 0.2) is 0 Å². The zero-order valence-corrected chi connectivity index (χ0v) is 10.1. The smallest absolute Gasteiger partial charge is 0.256 e. The van der Waals surface area contributed by atoms with Crippen LogP contribution in [0.3, 0.4) is 0 Å². The van der Waals surface area contributed by atoms with Gasteiger partial charge in [0.05, 0.1) is 5.56 Å². The van der Waals surface area contributed by atoms with Crippen LogP contribution in [0.15, 0.2) is 18.3 Å². The summed E-state index contributed by atoms with van der Waals surface area (Å²) in [5.41, 5.74) is 0.499. The lowest BCUT2D eigenvalue weighted by Crippen LogP contribution is -2.35. The third kappa shape index (κ3) is 2.19. The summed E-state index contributed by atoms with van der Waals surface area (Å²) < 4.78 is 0. The van der Waals surface area contributed by atoms with E-state index in [4.69, 9.17) is 11.6 Å². The zero-order valence-electron chi connectivity index (χ0n) is 9.32. The predicted octanol–water partition coefficient (Wildman–Crippen LogP) is 2.75. The Hall–Kier alpha value is -1.09. The van der Waals surface area contributed by atoms with E-state index in [0.29, 0.717) is 11.6 Å². The van der Waals surface area contributed by atoms with Crippen molar-refractivity contribution in [1.29, 1.82) is 0 Å². The van der Waals surface area contributed by atoms with E-state index in [2.05, 4.69) is 4.98 Å². The fourth-order valence-electron chi connectivity index (χ4n) is 2.19. The molecule has 0 unspecified atom stereocenters. The minimum atomic E-state index is -0.0231. The van der Waals surface area contributed by atoms with Gasteiger partial charge in [0.1, 0.15) is 5.15 Å². The van der Waals surface area contributed by atoms with Crippen LogP contribution in [-0.2, 0) is 0 Å². The van der Waals surface area contributed by atoms with Crippen LogP contribution < -0.4 is 0 Å². The molecule has 0 saturated heterocycles. The second-order valence-corrected chi connectivity index (χ2v) is 4.55. The highest BCUT2D eigenvalue weighted by molar-refractivity contribution is 6.32. The van der Waals surface area contributed by atoms with Crippen LogP contribution in [0.25, 0.3) is 0 Å². The van der Waals surface area contributed by atoms with Crippen LogP contribution in [0, 0.1) is 0 Å². The van der Waals surface area contributed by atoms with Crippen LogP contribution in [0.1, 0.15) is 36.0 Å². The van der Waals surface area contributed by atoms with Gasteiger partial charge in [0.2, 0.25) is 0 Å². The van der Waals surface area contributed by atoms with Crippen LogP contribution in [-0.4, -0.2) is 28.9 Å².